The molecule has 0 aliphatic rings. The van der Waals surface area contributed by atoms with Gasteiger partial charge >= 0.3 is 0 Å². The lowest BCUT2D eigenvalue weighted by Crippen LogP contribution is -2.17. The van der Waals surface area contributed by atoms with Gasteiger partial charge in [0.1, 0.15) is 5.82 Å². The van der Waals surface area contributed by atoms with Gasteiger partial charge in [-0.3, -0.25) is 4.72 Å². The summed E-state index contributed by atoms with van der Waals surface area (Å²) >= 11 is 8.61. The van der Waals surface area contributed by atoms with Crippen LogP contribution in [0, 0.1) is 5.82 Å². The molecule has 1 N–H and O–H groups in total. The Balaban J connectivity index is 2.72. The molecule has 0 unspecified atom stereocenters. The molecule has 0 aliphatic heterocycles. The van der Waals surface area contributed by atoms with E-state index in [1.54, 1.807) is 0 Å². The number of nitrogens with one attached hydrogen (secondary N) is 1. The summed E-state index contributed by atoms with van der Waals surface area (Å²) in [6.07, 6.45) is 1.11. The van der Waals surface area contributed by atoms with Crippen molar-refractivity contribution in [1.29, 1.82) is 0 Å². The van der Waals surface area contributed by atoms with E-state index >= 15 is 0 Å². The highest BCUT2D eigenvalue weighted by molar-refractivity contribution is 9.10. The van der Waals surface area contributed by atoms with Gasteiger partial charge in [-0.2, -0.15) is 0 Å². The molecular formula is C10H12BrClFNO2S. The summed E-state index contributed by atoms with van der Waals surface area (Å²) in [7, 11) is -3.45. The first-order valence-corrected chi connectivity index (χ1v) is 7.94. The van der Waals surface area contributed by atoms with Gasteiger partial charge in [0.15, 0.2) is 0 Å². The van der Waals surface area contributed by atoms with Gasteiger partial charge < -0.3 is 0 Å². The van der Waals surface area contributed by atoms with Crippen molar-refractivity contribution < 1.29 is 12.8 Å². The topological polar surface area (TPSA) is 46.2 Å². The Kier molecular flexibility index (Phi) is 5.69. The number of halogens is 3. The molecule has 0 radical (unpaired) electrons. The van der Waals surface area contributed by atoms with E-state index in [-0.39, 0.29) is 11.4 Å². The van der Waals surface area contributed by atoms with Crippen molar-refractivity contribution in [2.24, 2.45) is 0 Å². The summed E-state index contributed by atoms with van der Waals surface area (Å²) in [4.78, 5) is 0. The molecule has 0 heterocycles. The third-order valence-corrected chi connectivity index (χ3v) is 4.31. The number of hydrogen-bond acceptors (Lipinski definition) is 2. The minimum absolute atomic E-state index is 0.0251. The highest BCUT2D eigenvalue weighted by Gasteiger charge is 2.12. The molecule has 0 bridgehead atoms. The first kappa shape index (κ1) is 14.7. The molecule has 1 aromatic carbocycles. The molecule has 17 heavy (non-hydrogen) atoms. The van der Waals surface area contributed by atoms with Gasteiger partial charge in [0.05, 0.1) is 11.4 Å². The first-order valence-electron chi connectivity index (χ1n) is 4.96. The van der Waals surface area contributed by atoms with E-state index in [1.165, 1.54) is 12.1 Å². The summed E-state index contributed by atoms with van der Waals surface area (Å²) in [6.45, 7) is 0. The second-order valence-corrected chi connectivity index (χ2v) is 6.52. The van der Waals surface area contributed by atoms with Crippen LogP contribution in [0.15, 0.2) is 22.7 Å². The van der Waals surface area contributed by atoms with Crippen LogP contribution in [0.3, 0.4) is 0 Å². The van der Waals surface area contributed by atoms with Crippen LogP contribution in [-0.2, 0) is 10.0 Å². The summed E-state index contributed by atoms with van der Waals surface area (Å²) in [6, 6.07) is 3.82. The number of anilines is 1. The minimum Gasteiger partial charge on any atom is -0.282 e. The van der Waals surface area contributed by atoms with E-state index < -0.39 is 15.8 Å². The van der Waals surface area contributed by atoms with Gasteiger partial charge in [-0.1, -0.05) is 0 Å². The van der Waals surface area contributed by atoms with Gasteiger partial charge in [-0.05, 0) is 47.0 Å². The lowest BCUT2D eigenvalue weighted by atomic mass is 10.3. The molecule has 1 rings (SSSR count). The van der Waals surface area contributed by atoms with Gasteiger partial charge in [0, 0.05) is 10.4 Å². The molecule has 7 heteroatoms. The van der Waals surface area contributed by atoms with Crippen molar-refractivity contribution in [3.8, 4) is 0 Å². The molecule has 0 saturated heterocycles. The van der Waals surface area contributed by atoms with Crippen LogP contribution < -0.4 is 4.72 Å². The Morgan fingerprint density at radius 2 is 2.06 bits per heavy atom. The van der Waals surface area contributed by atoms with E-state index in [1.807, 2.05) is 0 Å². The average molecular weight is 345 g/mol. The molecule has 0 atom stereocenters. The molecule has 0 amide bonds. The van der Waals surface area contributed by atoms with Crippen LogP contribution in [0.5, 0.6) is 0 Å². The summed E-state index contributed by atoms with van der Waals surface area (Å²) < 4.78 is 39.1. The fourth-order valence-electron chi connectivity index (χ4n) is 1.18. The second-order valence-electron chi connectivity index (χ2n) is 3.44. The maximum absolute atomic E-state index is 13.0. The molecule has 3 nitrogen and oxygen atoms in total. The molecule has 0 aromatic heterocycles. The van der Waals surface area contributed by atoms with E-state index in [0.717, 1.165) is 6.07 Å². The number of unbranched alkanes of at least 4 members (excludes halogenated alkanes) is 1. The zero-order chi connectivity index (χ0) is 12.9. The van der Waals surface area contributed by atoms with Crippen molar-refractivity contribution in [1.82, 2.24) is 0 Å². The molecule has 0 saturated carbocycles. The third-order valence-electron chi connectivity index (χ3n) is 1.99. The fraction of sp³-hybridized carbons (Fsp3) is 0.400. The lowest BCUT2D eigenvalue weighted by molar-refractivity contribution is 0.598. The molecule has 96 valence electrons. The van der Waals surface area contributed by atoms with E-state index in [2.05, 4.69) is 20.7 Å². The number of benzene rings is 1. The van der Waals surface area contributed by atoms with Crippen LogP contribution in [0.1, 0.15) is 12.8 Å². The molecule has 0 spiro atoms. The van der Waals surface area contributed by atoms with Gasteiger partial charge in [0.2, 0.25) is 10.0 Å². The summed E-state index contributed by atoms with van der Waals surface area (Å²) in [5.41, 5.74) is 0.205. The molecule has 0 fully saturated rings. The molecular weight excluding hydrogens is 333 g/mol. The van der Waals surface area contributed by atoms with Crippen molar-refractivity contribution in [3.05, 3.63) is 28.5 Å². The van der Waals surface area contributed by atoms with Crippen LogP contribution in [-0.4, -0.2) is 20.1 Å². The van der Waals surface area contributed by atoms with E-state index in [9.17, 15) is 12.8 Å². The Hall–Kier alpha value is -0.330. The first-order chi connectivity index (χ1) is 7.94. The summed E-state index contributed by atoms with van der Waals surface area (Å²) in [5.74, 6) is -0.0892. The highest BCUT2D eigenvalue weighted by atomic mass is 79.9. The number of sulfonamides is 1. The second kappa shape index (κ2) is 6.56. The Morgan fingerprint density at radius 1 is 1.35 bits per heavy atom. The van der Waals surface area contributed by atoms with Crippen LogP contribution in [0.4, 0.5) is 10.1 Å². The van der Waals surface area contributed by atoms with E-state index in [0.29, 0.717) is 23.2 Å². The van der Waals surface area contributed by atoms with Gasteiger partial charge in [-0.15, -0.1) is 11.6 Å². The van der Waals surface area contributed by atoms with E-state index in [4.69, 9.17) is 11.6 Å². The Labute approximate surface area is 114 Å². The largest absolute Gasteiger partial charge is 0.282 e. The standard InChI is InChI=1S/C10H12BrClFNO2S/c11-9-4-3-8(13)7-10(9)14-17(15,16)6-2-1-5-12/h3-4,7,14H,1-2,5-6H2. The predicted molar refractivity (Wildman–Crippen MR) is 71.5 cm³/mol. The minimum atomic E-state index is -3.45. The van der Waals surface area contributed by atoms with Crippen molar-refractivity contribution in [3.63, 3.8) is 0 Å². The lowest BCUT2D eigenvalue weighted by Gasteiger charge is -2.09. The summed E-state index contributed by atoms with van der Waals surface area (Å²) in [5, 5.41) is 0. The predicted octanol–water partition coefficient (Wildman–Crippen LogP) is 3.35. The fourth-order valence-corrected chi connectivity index (χ4v) is 3.04. The maximum atomic E-state index is 13.0. The monoisotopic (exact) mass is 343 g/mol. The molecule has 1 aromatic rings. The van der Waals surface area contributed by atoms with Crippen molar-refractivity contribution in [2.45, 2.75) is 12.8 Å². The van der Waals surface area contributed by atoms with Crippen LogP contribution >= 0.6 is 27.5 Å². The van der Waals surface area contributed by atoms with Crippen molar-refractivity contribution in [2.75, 3.05) is 16.4 Å². The van der Waals surface area contributed by atoms with Gasteiger partial charge in [-0.25, -0.2) is 12.8 Å². The van der Waals surface area contributed by atoms with Crippen molar-refractivity contribution >= 4 is 43.2 Å². The quantitative estimate of drug-likeness (QED) is 0.635. The maximum Gasteiger partial charge on any atom is 0.232 e. The average Bonchev–Trinajstić information content (AvgIpc) is 2.23. The number of rotatable bonds is 6. The van der Waals surface area contributed by atoms with Crippen LogP contribution in [0.25, 0.3) is 0 Å². The smallest absolute Gasteiger partial charge is 0.232 e. The highest BCUT2D eigenvalue weighted by Crippen LogP contribution is 2.24. The zero-order valence-electron chi connectivity index (χ0n) is 8.92. The zero-order valence-corrected chi connectivity index (χ0v) is 12.1. The number of alkyl halides is 1. The van der Waals surface area contributed by atoms with Crippen LogP contribution in [0.2, 0.25) is 0 Å². The normalized spacial score (nSPS) is 11.5. The Morgan fingerprint density at radius 3 is 2.71 bits per heavy atom. The third kappa shape index (κ3) is 5.23. The number of hydrogen-bond donors (Lipinski definition) is 1. The molecule has 0 aliphatic carbocycles. The Bertz CT molecular complexity index is 481. The SMILES string of the molecule is O=S(=O)(CCCCCl)Nc1cc(F)ccc1Br. The van der Waals surface area contributed by atoms with Gasteiger partial charge in [0.25, 0.3) is 0 Å².